The van der Waals surface area contributed by atoms with Crippen molar-refractivity contribution in [3.05, 3.63) is 27.7 Å². The smallest absolute Gasteiger partial charge is 0.147 e. The summed E-state index contributed by atoms with van der Waals surface area (Å²) in [6.07, 6.45) is 1.43. The standard InChI is InChI=1S/C11H12BrF2NO/c12-10-8(16)5-7(13)9(11(10)14)6-1-3-15-4-2-6/h5-6,15-16H,1-4H2. The Kier molecular flexibility index (Phi) is 3.44. The summed E-state index contributed by atoms with van der Waals surface area (Å²) < 4.78 is 27.4. The minimum absolute atomic E-state index is 0.0533. The maximum absolute atomic E-state index is 13.8. The molecule has 0 aromatic heterocycles. The van der Waals surface area contributed by atoms with Gasteiger partial charge in [0.05, 0.1) is 4.47 Å². The molecule has 2 nitrogen and oxygen atoms in total. The molecule has 16 heavy (non-hydrogen) atoms. The lowest BCUT2D eigenvalue weighted by Gasteiger charge is -2.24. The van der Waals surface area contributed by atoms with E-state index in [-0.39, 0.29) is 16.0 Å². The Balaban J connectivity index is 2.42. The van der Waals surface area contributed by atoms with Crippen LogP contribution in [0.1, 0.15) is 24.3 Å². The Bertz CT molecular complexity index is 405. The van der Waals surface area contributed by atoms with Crippen molar-refractivity contribution in [1.29, 1.82) is 0 Å². The van der Waals surface area contributed by atoms with Crippen molar-refractivity contribution < 1.29 is 13.9 Å². The summed E-state index contributed by atoms with van der Waals surface area (Å²) in [6, 6.07) is 0.963. The molecule has 0 spiro atoms. The van der Waals surface area contributed by atoms with Gasteiger partial charge in [-0.05, 0) is 47.8 Å². The average molecular weight is 292 g/mol. The van der Waals surface area contributed by atoms with E-state index in [9.17, 15) is 13.9 Å². The lowest BCUT2D eigenvalue weighted by Crippen LogP contribution is -2.27. The van der Waals surface area contributed by atoms with Gasteiger partial charge in [0.25, 0.3) is 0 Å². The minimum Gasteiger partial charge on any atom is -0.507 e. The summed E-state index contributed by atoms with van der Waals surface area (Å²) in [5.41, 5.74) is 0.0891. The van der Waals surface area contributed by atoms with E-state index < -0.39 is 17.4 Å². The Labute approximate surface area is 101 Å². The van der Waals surface area contributed by atoms with Crippen LogP contribution < -0.4 is 5.32 Å². The van der Waals surface area contributed by atoms with Crippen LogP contribution in [0.3, 0.4) is 0 Å². The van der Waals surface area contributed by atoms with Crippen molar-refractivity contribution in [3.8, 4) is 5.75 Å². The van der Waals surface area contributed by atoms with E-state index in [0.717, 1.165) is 19.2 Å². The predicted molar refractivity (Wildman–Crippen MR) is 60.6 cm³/mol. The second kappa shape index (κ2) is 4.67. The molecule has 88 valence electrons. The first-order chi connectivity index (χ1) is 7.61. The molecule has 0 radical (unpaired) electrons. The molecule has 1 aromatic carbocycles. The Morgan fingerprint density at radius 2 is 1.94 bits per heavy atom. The SMILES string of the molecule is Oc1cc(F)c(C2CCNCC2)c(F)c1Br. The van der Waals surface area contributed by atoms with E-state index in [1.165, 1.54) is 0 Å². The molecule has 1 aliphatic rings. The lowest BCUT2D eigenvalue weighted by molar-refractivity contribution is 0.413. The summed E-state index contributed by atoms with van der Waals surface area (Å²) in [7, 11) is 0. The van der Waals surface area contributed by atoms with Gasteiger partial charge >= 0.3 is 0 Å². The third-order valence-corrected chi connectivity index (χ3v) is 3.68. The highest BCUT2D eigenvalue weighted by molar-refractivity contribution is 9.10. The summed E-state index contributed by atoms with van der Waals surface area (Å²) in [5, 5.41) is 12.4. The Morgan fingerprint density at radius 1 is 1.31 bits per heavy atom. The maximum Gasteiger partial charge on any atom is 0.147 e. The van der Waals surface area contributed by atoms with Gasteiger partial charge in [0, 0.05) is 11.6 Å². The molecule has 0 amide bonds. The third kappa shape index (κ3) is 2.06. The van der Waals surface area contributed by atoms with Crippen molar-refractivity contribution in [3.63, 3.8) is 0 Å². The minimum atomic E-state index is -0.676. The monoisotopic (exact) mass is 291 g/mol. The predicted octanol–water partition coefficient (Wildman–Crippen LogP) is 2.90. The van der Waals surface area contributed by atoms with Crippen LogP contribution in [-0.2, 0) is 0 Å². The van der Waals surface area contributed by atoms with E-state index in [2.05, 4.69) is 21.2 Å². The van der Waals surface area contributed by atoms with Crippen LogP contribution in [0.15, 0.2) is 10.5 Å². The van der Waals surface area contributed by atoms with Crippen LogP contribution in [0.4, 0.5) is 8.78 Å². The second-order valence-electron chi connectivity index (χ2n) is 3.94. The molecule has 0 bridgehead atoms. The summed E-state index contributed by atoms with van der Waals surface area (Å²) >= 11 is 2.92. The van der Waals surface area contributed by atoms with Gasteiger partial charge in [-0.25, -0.2) is 8.78 Å². The third-order valence-electron chi connectivity index (χ3n) is 2.92. The zero-order valence-corrected chi connectivity index (χ0v) is 10.2. The first-order valence-electron chi connectivity index (χ1n) is 5.18. The highest BCUT2D eigenvalue weighted by atomic mass is 79.9. The average Bonchev–Trinajstić information content (AvgIpc) is 2.28. The van der Waals surface area contributed by atoms with E-state index in [1.807, 2.05) is 0 Å². The van der Waals surface area contributed by atoms with Gasteiger partial charge in [-0.3, -0.25) is 0 Å². The largest absolute Gasteiger partial charge is 0.507 e. The van der Waals surface area contributed by atoms with Crippen molar-refractivity contribution in [2.24, 2.45) is 0 Å². The zero-order chi connectivity index (χ0) is 11.7. The molecule has 0 aliphatic carbocycles. The molecule has 1 aliphatic heterocycles. The first kappa shape index (κ1) is 11.8. The lowest BCUT2D eigenvalue weighted by atomic mass is 9.89. The zero-order valence-electron chi connectivity index (χ0n) is 8.56. The van der Waals surface area contributed by atoms with Crippen LogP contribution in [0.2, 0.25) is 0 Å². The molecule has 0 unspecified atom stereocenters. The fourth-order valence-corrected chi connectivity index (χ4v) is 2.41. The number of piperidine rings is 1. The van der Waals surface area contributed by atoms with Crippen LogP contribution in [0.5, 0.6) is 5.75 Å². The Morgan fingerprint density at radius 3 is 2.56 bits per heavy atom. The normalized spacial score (nSPS) is 17.7. The summed E-state index contributed by atoms with van der Waals surface area (Å²) in [6.45, 7) is 1.53. The van der Waals surface area contributed by atoms with Crippen LogP contribution in [0.25, 0.3) is 0 Å². The number of phenolic OH excluding ortho intramolecular Hbond substituents is 1. The number of rotatable bonds is 1. The quantitative estimate of drug-likeness (QED) is 0.780. The van der Waals surface area contributed by atoms with Gasteiger partial charge in [-0.2, -0.15) is 0 Å². The topological polar surface area (TPSA) is 32.3 Å². The Hall–Kier alpha value is -0.680. The molecule has 0 atom stereocenters. The van der Waals surface area contributed by atoms with Crippen LogP contribution >= 0.6 is 15.9 Å². The van der Waals surface area contributed by atoms with Crippen LogP contribution in [-0.4, -0.2) is 18.2 Å². The molecule has 1 aromatic rings. The molecule has 2 rings (SSSR count). The van der Waals surface area contributed by atoms with Gasteiger partial charge in [0.2, 0.25) is 0 Å². The van der Waals surface area contributed by atoms with Gasteiger partial charge < -0.3 is 10.4 Å². The number of aromatic hydroxyl groups is 1. The number of benzene rings is 1. The molecular formula is C11H12BrF2NO. The van der Waals surface area contributed by atoms with Crippen molar-refractivity contribution >= 4 is 15.9 Å². The number of hydrogen-bond donors (Lipinski definition) is 2. The summed E-state index contributed by atoms with van der Waals surface area (Å²) in [5.74, 6) is -1.85. The van der Waals surface area contributed by atoms with Gasteiger partial charge in [0.1, 0.15) is 17.4 Å². The maximum atomic E-state index is 13.8. The number of halogens is 3. The van der Waals surface area contributed by atoms with E-state index in [1.54, 1.807) is 0 Å². The number of nitrogens with one attached hydrogen (secondary N) is 1. The molecule has 1 heterocycles. The highest BCUT2D eigenvalue weighted by Crippen LogP contribution is 2.37. The molecule has 1 saturated heterocycles. The van der Waals surface area contributed by atoms with Crippen LogP contribution in [0, 0.1) is 11.6 Å². The van der Waals surface area contributed by atoms with Gasteiger partial charge in [-0.1, -0.05) is 0 Å². The fourth-order valence-electron chi connectivity index (χ4n) is 2.08. The van der Waals surface area contributed by atoms with Gasteiger partial charge in [-0.15, -0.1) is 0 Å². The van der Waals surface area contributed by atoms with Gasteiger partial charge in [0.15, 0.2) is 0 Å². The fraction of sp³-hybridized carbons (Fsp3) is 0.455. The second-order valence-corrected chi connectivity index (χ2v) is 4.74. The van der Waals surface area contributed by atoms with E-state index >= 15 is 0 Å². The molecule has 5 heteroatoms. The highest BCUT2D eigenvalue weighted by Gasteiger charge is 2.25. The molecule has 2 N–H and O–H groups in total. The van der Waals surface area contributed by atoms with Crippen molar-refractivity contribution in [2.45, 2.75) is 18.8 Å². The molecule has 1 fully saturated rings. The molecule has 0 saturated carbocycles. The van der Waals surface area contributed by atoms with Crippen molar-refractivity contribution in [1.82, 2.24) is 5.32 Å². The van der Waals surface area contributed by atoms with Crippen molar-refractivity contribution in [2.75, 3.05) is 13.1 Å². The van der Waals surface area contributed by atoms with E-state index in [0.29, 0.717) is 12.8 Å². The van der Waals surface area contributed by atoms with E-state index in [4.69, 9.17) is 0 Å². The number of phenols is 1. The molecular weight excluding hydrogens is 280 g/mol. The summed E-state index contributed by atoms with van der Waals surface area (Å²) in [4.78, 5) is 0. The first-order valence-corrected chi connectivity index (χ1v) is 5.97. The number of hydrogen-bond acceptors (Lipinski definition) is 2.